The molecule has 16 heavy (non-hydrogen) atoms. The van der Waals surface area contributed by atoms with Crippen LogP contribution in [0, 0.1) is 6.92 Å². The number of aromatic hydroxyl groups is 1. The van der Waals surface area contributed by atoms with Gasteiger partial charge < -0.3 is 15.2 Å². The minimum absolute atomic E-state index is 0.267. The standard InChI is InChI=1S/C13H19NO2/c1-9-6-7-11(16-2)13(15)12(9)10-5-3-4-8-14-10/h6-7,10,14-15H,3-5,8H2,1-2H3. The fourth-order valence-electron chi connectivity index (χ4n) is 2.39. The van der Waals surface area contributed by atoms with E-state index < -0.39 is 0 Å². The lowest BCUT2D eigenvalue weighted by Crippen LogP contribution is -2.27. The van der Waals surface area contributed by atoms with Crippen molar-refractivity contribution in [1.29, 1.82) is 0 Å². The highest BCUT2D eigenvalue weighted by Crippen LogP contribution is 2.38. The Kier molecular flexibility index (Phi) is 3.34. The summed E-state index contributed by atoms with van der Waals surface area (Å²) in [5.41, 5.74) is 2.12. The molecule has 1 aromatic rings. The number of hydrogen-bond acceptors (Lipinski definition) is 3. The van der Waals surface area contributed by atoms with Crippen LogP contribution in [-0.2, 0) is 0 Å². The van der Waals surface area contributed by atoms with Gasteiger partial charge in [-0.3, -0.25) is 0 Å². The number of phenolic OH excluding ortho intramolecular Hbond substituents is 1. The van der Waals surface area contributed by atoms with Crippen LogP contribution in [0.3, 0.4) is 0 Å². The van der Waals surface area contributed by atoms with Crippen LogP contribution in [0.25, 0.3) is 0 Å². The molecular formula is C13H19NO2. The summed E-state index contributed by atoms with van der Waals surface area (Å²) in [5, 5.41) is 13.6. The molecular weight excluding hydrogens is 202 g/mol. The zero-order valence-corrected chi connectivity index (χ0v) is 9.92. The molecule has 2 N–H and O–H groups in total. The summed E-state index contributed by atoms with van der Waals surface area (Å²) in [6, 6.07) is 4.09. The minimum atomic E-state index is 0.267. The lowest BCUT2D eigenvalue weighted by atomic mass is 9.93. The highest BCUT2D eigenvalue weighted by molar-refractivity contribution is 5.51. The Morgan fingerprint density at radius 1 is 1.38 bits per heavy atom. The summed E-state index contributed by atoms with van der Waals surface area (Å²) in [6.45, 7) is 3.06. The van der Waals surface area contributed by atoms with Crippen molar-refractivity contribution in [3.63, 3.8) is 0 Å². The Hall–Kier alpha value is -1.22. The molecule has 1 atom stereocenters. The molecule has 1 fully saturated rings. The number of phenols is 1. The maximum atomic E-state index is 10.2. The second kappa shape index (κ2) is 4.74. The number of methoxy groups -OCH3 is 1. The number of aryl methyl sites for hydroxylation is 1. The molecule has 1 aliphatic rings. The molecule has 3 heteroatoms. The molecule has 88 valence electrons. The normalized spacial score (nSPS) is 20.8. The molecule has 1 unspecified atom stereocenters. The average Bonchev–Trinajstić information content (AvgIpc) is 2.31. The van der Waals surface area contributed by atoms with E-state index in [1.54, 1.807) is 7.11 Å². The highest BCUT2D eigenvalue weighted by Gasteiger charge is 2.21. The Morgan fingerprint density at radius 3 is 2.81 bits per heavy atom. The minimum Gasteiger partial charge on any atom is -0.504 e. The van der Waals surface area contributed by atoms with E-state index in [4.69, 9.17) is 4.74 Å². The van der Waals surface area contributed by atoms with Crippen molar-refractivity contribution in [1.82, 2.24) is 5.32 Å². The van der Waals surface area contributed by atoms with Crippen molar-refractivity contribution in [3.05, 3.63) is 23.3 Å². The van der Waals surface area contributed by atoms with Crippen molar-refractivity contribution in [2.45, 2.75) is 32.2 Å². The monoisotopic (exact) mass is 221 g/mol. The first-order valence-corrected chi connectivity index (χ1v) is 5.84. The number of piperidine rings is 1. The van der Waals surface area contributed by atoms with E-state index in [-0.39, 0.29) is 6.04 Å². The van der Waals surface area contributed by atoms with Gasteiger partial charge in [0.15, 0.2) is 11.5 Å². The van der Waals surface area contributed by atoms with E-state index in [1.807, 2.05) is 19.1 Å². The van der Waals surface area contributed by atoms with E-state index in [1.165, 1.54) is 12.8 Å². The van der Waals surface area contributed by atoms with E-state index in [2.05, 4.69) is 5.32 Å². The van der Waals surface area contributed by atoms with Crippen LogP contribution in [-0.4, -0.2) is 18.8 Å². The number of benzene rings is 1. The van der Waals surface area contributed by atoms with Crippen molar-refractivity contribution in [2.75, 3.05) is 13.7 Å². The van der Waals surface area contributed by atoms with Gasteiger partial charge in [0.1, 0.15) is 0 Å². The van der Waals surface area contributed by atoms with Crippen LogP contribution in [0.1, 0.15) is 36.4 Å². The molecule has 0 aliphatic carbocycles. The molecule has 1 aromatic carbocycles. The van der Waals surface area contributed by atoms with Gasteiger partial charge in [-0.2, -0.15) is 0 Å². The Balaban J connectivity index is 2.37. The molecule has 0 amide bonds. The SMILES string of the molecule is COc1ccc(C)c(C2CCCCN2)c1O. The quantitative estimate of drug-likeness (QED) is 0.806. The second-order valence-electron chi connectivity index (χ2n) is 4.35. The van der Waals surface area contributed by atoms with Gasteiger partial charge >= 0.3 is 0 Å². The third-order valence-corrected chi connectivity index (χ3v) is 3.28. The summed E-state index contributed by atoms with van der Waals surface area (Å²) >= 11 is 0. The summed E-state index contributed by atoms with van der Waals surface area (Å²) in [4.78, 5) is 0. The summed E-state index contributed by atoms with van der Waals surface area (Å²) < 4.78 is 5.15. The second-order valence-corrected chi connectivity index (χ2v) is 4.35. The molecule has 0 radical (unpaired) electrons. The molecule has 1 heterocycles. The first-order valence-electron chi connectivity index (χ1n) is 5.84. The lowest BCUT2D eigenvalue weighted by Gasteiger charge is -2.26. The molecule has 0 aromatic heterocycles. The van der Waals surface area contributed by atoms with Gasteiger partial charge in [-0.1, -0.05) is 12.5 Å². The number of ether oxygens (including phenoxy) is 1. The molecule has 0 spiro atoms. The first kappa shape index (κ1) is 11.3. The molecule has 2 rings (SSSR count). The number of nitrogens with one attached hydrogen (secondary N) is 1. The molecule has 3 nitrogen and oxygen atoms in total. The predicted octanol–water partition coefficient (Wildman–Crippen LogP) is 2.52. The van der Waals surface area contributed by atoms with Crippen molar-refractivity contribution < 1.29 is 9.84 Å². The third-order valence-electron chi connectivity index (χ3n) is 3.28. The van der Waals surface area contributed by atoms with Crippen molar-refractivity contribution in [3.8, 4) is 11.5 Å². The van der Waals surface area contributed by atoms with Crippen LogP contribution < -0.4 is 10.1 Å². The van der Waals surface area contributed by atoms with Gasteiger partial charge in [-0.25, -0.2) is 0 Å². The molecule has 1 saturated heterocycles. The van der Waals surface area contributed by atoms with Crippen LogP contribution in [0.4, 0.5) is 0 Å². The third kappa shape index (κ3) is 2.00. The predicted molar refractivity (Wildman–Crippen MR) is 64.0 cm³/mol. The zero-order chi connectivity index (χ0) is 11.5. The first-order chi connectivity index (χ1) is 7.74. The van der Waals surface area contributed by atoms with E-state index in [9.17, 15) is 5.11 Å². The smallest absolute Gasteiger partial charge is 0.162 e. The van der Waals surface area contributed by atoms with Gasteiger partial charge in [-0.15, -0.1) is 0 Å². The Morgan fingerprint density at radius 2 is 2.19 bits per heavy atom. The Bertz CT molecular complexity index is 370. The van der Waals surface area contributed by atoms with Crippen molar-refractivity contribution >= 4 is 0 Å². The average molecular weight is 221 g/mol. The van der Waals surface area contributed by atoms with Crippen LogP contribution >= 0.6 is 0 Å². The Labute approximate surface area is 96.4 Å². The maximum Gasteiger partial charge on any atom is 0.162 e. The van der Waals surface area contributed by atoms with Crippen molar-refractivity contribution in [2.24, 2.45) is 0 Å². The highest BCUT2D eigenvalue weighted by atomic mass is 16.5. The van der Waals surface area contributed by atoms with Gasteiger partial charge in [0.05, 0.1) is 7.11 Å². The van der Waals surface area contributed by atoms with Gasteiger partial charge in [0.25, 0.3) is 0 Å². The molecule has 0 saturated carbocycles. The van der Waals surface area contributed by atoms with E-state index in [0.717, 1.165) is 24.1 Å². The van der Waals surface area contributed by atoms with Crippen LogP contribution in [0.2, 0.25) is 0 Å². The summed E-state index contributed by atoms with van der Waals surface area (Å²) in [6.07, 6.45) is 3.52. The maximum absolute atomic E-state index is 10.2. The lowest BCUT2D eigenvalue weighted by molar-refractivity contribution is 0.353. The fourth-order valence-corrected chi connectivity index (χ4v) is 2.39. The fraction of sp³-hybridized carbons (Fsp3) is 0.538. The number of rotatable bonds is 2. The van der Waals surface area contributed by atoms with Gasteiger partial charge in [0.2, 0.25) is 0 Å². The number of hydrogen-bond donors (Lipinski definition) is 2. The zero-order valence-electron chi connectivity index (χ0n) is 9.92. The summed E-state index contributed by atoms with van der Waals surface area (Å²) in [5.74, 6) is 0.856. The van der Waals surface area contributed by atoms with E-state index >= 15 is 0 Å². The molecule has 0 bridgehead atoms. The van der Waals surface area contributed by atoms with Gasteiger partial charge in [-0.05, 0) is 37.9 Å². The van der Waals surface area contributed by atoms with Crippen LogP contribution in [0.15, 0.2) is 12.1 Å². The topological polar surface area (TPSA) is 41.5 Å². The van der Waals surface area contributed by atoms with Gasteiger partial charge in [0, 0.05) is 11.6 Å². The molecule has 1 aliphatic heterocycles. The largest absolute Gasteiger partial charge is 0.504 e. The summed E-state index contributed by atoms with van der Waals surface area (Å²) in [7, 11) is 1.59. The van der Waals surface area contributed by atoms with E-state index in [0.29, 0.717) is 11.5 Å². The van der Waals surface area contributed by atoms with Crippen LogP contribution in [0.5, 0.6) is 11.5 Å².